The number of imide groups is 1. The fraction of sp³-hybridized carbons (Fsp3) is 0.484. The van der Waals surface area contributed by atoms with Crippen molar-refractivity contribution in [1.82, 2.24) is 15.1 Å². The molecule has 2 unspecified atom stereocenters. The molecule has 0 bridgehead atoms. The van der Waals surface area contributed by atoms with Crippen LogP contribution in [0.3, 0.4) is 0 Å². The minimum Gasteiger partial charge on any atom is -0.427 e. The predicted molar refractivity (Wildman–Crippen MR) is 148 cm³/mol. The molecule has 2 aliphatic carbocycles. The maximum absolute atomic E-state index is 13.6. The molecule has 2 aliphatic heterocycles. The van der Waals surface area contributed by atoms with Crippen LogP contribution in [0, 0.1) is 11.3 Å². The van der Waals surface area contributed by atoms with Crippen molar-refractivity contribution in [3.05, 3.63) is 65.2 Å². The molecule has 0 aromatic heterocycles. The van der Waals surface area contributed by atoms with Gasteiger partial charge in [-0.25, -0.2) is 9.69 Å². The molecular weight excluding hydrogens is 508 g/mol. The van der Waals surface area contributed by atoms with Crippen LogP contribution in [0.1, 0.15) is 56.2 Å². The highest BCUT2D eigenvalue weighted by Gasteiger charge is 2.58. The summed E-state index contributed by atoms with van der Waals surface area (Å²) in [7, 11) is 0. The molecular formula is C31H36N4O5. The smallest absolute Gasteiger partial charge is 0.418 e. The Morgan fingerprint density at radius 3 is 2.58 bits per heavy atom. The first-order chi connectivity index (χ1) is 19.2. The van der Waals surface area contributed by atoms with E-state index in [1.54, 1.807) is 12.1 Å². The number of nitrogens with zero attached hydrogens (tertiary/aromatic N) is 2. The molecule has 2 N–H and O–H groups in total. The van der Waals surface area contributed by atoms with E-state index in [4.69, 9.17) is 4.74 Å². The van der Waals surface area contributed by atoms with Crippen molar-refractivity contribution >= 4 is 29.5 Å². The van der Waals surface area contributed by atoms with Gasteiger partial charge in [0.2, 0.25) is 17.4 Å². The van der Waals surface area contributed by atoms with Crippen LogP contribution in [0.25, 0.3) is 0 Å². The third-order valence-electron chi connectivity index (χ3n) is 9.06. The molecule has 1 spiro atoms. The number of carbonyl (C=O) groups is 4. The number of carbonyl (C=O) groups excluding carboxylic acids is 4. The molecule has 2 aromatic carbocycles. The molecule has 210 valence electrons. The molecule has 9 heteroatoms. The molecule has 4 aliphatic rings. The number of amides is 4. The normalized spacial score (nSPS) is 23.4. The molecule has 2 heterocycles. The number of benzene rings is 2. The standard InChI is InChI=1S/C31H36N4O5/c1-20(22-8-9-22)35(17-21-6-4-3-5-7-21)26(36)13-15-34-28(38)31(40-29(34)39)14-12-23-16-24(10-11-25(23)31)33-27(37)30(2)18-32-19-30/h3-7,10-11,16,20,22,32H,8-9,12-15,17-19H2,1-2H3,(H,33,37). The summed E-state index contributed by atoms with van der Waals surface area (Å²) in [6.07, 6.45) is 2.45. The second-order valence-electron chi connectivity index (χ2n) is 12.0. The monoisotopic (exact) mass is 544 g/mol. The summed E-state index contributed by atoms with van der Waals surface area (Å²) in [4.78, 5) is 55.6. The summed E-state index contributed by atoms with van der Waals surface area (Å²) in [6, 6.07) is 15.4. The van der Waals surface area contributed by atoms with Gasteiger partial charge in [-0.2, -0.15) is 0 Å². The SMILES string of the molecule is CC(C1CC1)N(Cc1ccccc1)C(=O)CCN1C(=O)OC2(CCc3cc(NC(=O)C4(C)CNC4)ccc32)C1=O. The minimum absolute atomic E-state index is 0.0168. The number of hydrogen-bond donors (Lipinski definition) is 2. The first-order valence-corrected chi connectivity index (χ1v) is 14.2. The van der Waals surface area contributed by atoms with Crippen LogP contribution >= 0.6 is 0 Å². The number of anilines is 1. The van der Waals surface area contributed by atoms with Crippen molar-refractivity contribution in [2.45, 2.75) is 64.1 Å². The number of fused-ring (bicyclic) bond motifs is 2. The lowest BCUT2D eigenvalue weighted by Crippen LogP contribution is -2.58. The second kappa shape index (κ2) is 10.0. The number of aryl methyl sites for hydroxylation is 1. The largest absolute Gasteiger partial charge is 0.427 e. The third-order valence-corrected chi connectivity index (χ3v) is 9.06. The van der Waals surface area contributed by atoms with E-state index < -0.39 is 23.0 Å². The topological polar surface area (TPSA) is 108 Å². The molecule has 1 saturated carbocycles. The van der Waals surface area contributed by atoms with Crippen molar-refractivity contribution in [3.8, 4) is 0 Å². The highest BCUT2D eigenvalue weighted by molar-refractivity contribution is 6.04. The number of nitrogens with one attached hydrogen (secondary N) is 2. The van der Waals surface area contributed by atoms with E-state index in [1.165, 1.54) is 0 Å². The minimum atomic E-state index is -1.37. The van der Waals surface area contributed by atoms with E-state index in [-0.39, 0.29) is 30.8 Å². The third kappa shape index (κ3) is 4.66. The zero-order valence-corrected chi connectivity index (χ0v) is 23.1. The Morgan fingerprint density at radius 2 is 1.90 bits per heavy atom. The summed E-state index contributed by atoms with van der Waals surface area (Å²) < 4.78 is 5.76. The van der Waals surface area contributed by atoms with Gasteiger partial charge in [0.15, 0.2) is 0 Å². The lowest BCUT2D eigenvalue weighted by Gasteiger charge is -2.37. The highest BCUT2D eigenvalue weighted by atomic mass is 16.6. The predicted octanol–water partition coefficient (Wildman–Crippen LogP) is 3.57. The maximum atomic E-state index is 13.6. The van der Waals surface area contributed by atoms with E-state index in [0.29, 0.717) is 49.6 Å². The van der Waals surface area contributed by atoms with Gasteiger partial charge in [0, 0.05) is 56.3 Å². The van der Waals surface area contributed by atoms with Crippen molar-refractivity contribution in [1.29, 1.82) is 0 Å². The van der Waals surface area contributed by atoms with Crippen LogP contribution in [0.5, 0.6) is 0 Å². The summed E-state index contributed by atoms with van der Waals surface area (Å²) >= 11 is 0. The zero-order chi connectivity index (χ0) is 28.1. The molecule has 3 fully saturated rings. The number of hydrogen-bond acceptors (Lipinski definition) is 6. The average Bonchev–Trinajstić information content (AvgIpc) is 3.68. The van der Waals surface area contributed by atoms with Gasteiger partial charge in [0.05, 0.1) is 5.41 Å². The maximum Gasteiger partial charge on any atom is 0.418 e. The van der Waals surface area contributed by atoms with E-state index in [9.17, 15) is 19.2 Å². The number of rotatable bonds is 9. The number of ether oxygens (including phenoxy) is 1. The van der Waals surface area contributed by atoms with Crippen LogP contribution < -0.4 is 10.6 Å². The van der Waals surface area contributed by atoms with Crippen molar-refractivity contribution in [2.75, 3.05) is 25.0 Å². The highest BCUT2D eigenvalue weighted by Crippen LogP contribution is 2.46. The summed E-state index contributed by atoms with van der Waals surface area (Å²) in [6.45, 7) is 5.76. The molecule has 9 nitrogen and oxygen atoms in total. The van der Waals surface area contributed by atoms with Crippen LogP contribution in [-0.4, -0.2) is 59.3 Å². The van der Waals surface area contributed by atoms with E-state index in [1.807, 2.05) is 48.2 Å². The van der Waals surface area contributed by atoms with Gasteiger partial charge in [-0.05, 0) is 62.3 Å². The summed E-state index contributed by atoms with van der Waals surface area (Å²) in [5.41, 5.74) is 1.45. The average molecular weight is 545 g/mol. The van der Waals surface area contributed by atoms with Gasteiger partial charge in [-0.1, -0.05) is 36.4 Å². The quantitative estimate of drug-likeness (QED) is 0.500. The Labute approximate surface area is 234 Å². The van der Waals surface area contributed by atoms with Crippen LogP contribution in [0.2, 0.25) is 0 Å². The zero-order valence-electron chi connectivity index (χ0n) is 23.1. The summed E-state index contributed by atoms with van der Waals surface area (Å²) in [5.74, 6) is -0.0474. The van der Waals surface area contributed by atoms with Crippen LogP contribution in [0.4, 0.5) is 10.5 Å². The Bertz CT molecular complexity index is 1350. The molecule has 2 atom stereocenters. The fourth-order valence-electron chi connectivity index (χ4n) is 6.15. The molecule has 2 aromatic rings. The molecule has 2 saturated heterocycles. The molecule has 4 amide bonds. The lowest BCUT2D eigenvalue weighted by atomic mass is 9.83. The van der Waals surface area contributed by atoms with Gasteiger partial charge in [0.1, 0.15) is 0 Å². The van der Waals surface area contributed by atoms with Crippen molar-refractivity contribution in [2.24, 2.45) is 11.3 Å². The summed E-state index contributed by atoms with van der Waals surface area (Å²) in [5, 5.41) is 6.11. The van der Waals surface area contributed by atoms with E-state index >= 15 is 0 Å². The molecule has 0 radical (unpaired) electrons. The van der Waals surface area contributed by atoms with Gasteiger partial charge >= 0.3 is 6.09 Å². The lowest BCUT2D eigenvalue weighted by molar-refractivity contribution is -0.138. The van der Waals surface area contributed by atoms with Crippen LogP contribution in [0.15, 0.2) is 48.5 Å². The Kier molecular flexibility index (Phi) is 6.65. The first-order valence-electron chi connectivity index (χ1n) is 14.2. The van der Waals surface area contributed by atoms with Crippen molar-refractivity contribution in [3.63, 3.8) is 0 Å². The second-order valence-corrected chi connectivity index (χ2v) is 12.0. The van der Waals surface area contributed by atoms with Gasteiger partial charge in [-0.15, -0.1) is 0 Å². The van der Waals surface area contributed by atoms with Crippen LogP contribution in [-0.2, 0) is 37.7 Å². The van der Waals surface area contributed by atoms with Gasteiger partial charge in [-0.3, -0.25) is 14.4 Å². The molecule has 40 heavy (non-hydrogen) atoms. The van der Waals surface area contributed by atoms with Gasteiger partial charge < -0.3 is 20.3 Å². The van der Waals surface area contributed by atoms with E-state index in [2.05, 4.69) is 17.6 Å². The Balaban J connectivity index is 1.13. The van der Waals surface area contributed by atoms with Crippen molar-refractivity contribution < 1.29 is 23.9 Å². The first kappa shape index (κ1) is 26.5. The Morgan fingerprint density at radius 1 is 1.15 bits per heavy atom. The van der Waals surface area contributed by atoms with E-state index in [0.717, 1.165) is 28.9 Å². The molecule has 6 rings (SSSR count). The Hall–Kier alpha value is -3.72. The fourth-order valence-corrected chi connectivity index (χ4v) is 6.15. The van der Waals surface area contributed by atoms with Gasteiger partial charge in [0.25, 0.3) is 5.91 Å².